The zero-order chi connectivity index (χ0) is 15.6. The fourth-order valence-corrected chi connectivity index (χ4v) is 3.77. The maximum atomic E-state index is 12.6. The van der Waals surface area contributed by atoms with Crippen molar-refractivity contribution in [1.29, 1.82) is 0 Å². The standard InChI is InChI=1S/C17H18N4OS/c22-16(11-13-12-19-15-4-2-1-3-14(13)15)20-6-8-21(9-7-20)17-18-5-10-23-17/h1-5,10,12,19H,6-9,11H2. The van der Waals surface area contributed by atoms with E-state index in [9.17, 15) is 4.79 Å². The summed E-state index contributed by atoms with van der Waals surface area (Å²) in [6, 6.07) is 8.12. The molecule has 0 atom stereocenters. The molecule has 2 aromatic heterocycles. The molecule has 0 saturated carbocycles. The van der Waals surface area contributed by atoms with Crippen LogP contribution in [0.25, 0.3) is 10.9 Å². The van der Waals surface area contributed by atoms with Gasteiger partial charge in [-0.15, -0.1) is 11.3 Å². The van der Waals surface area contributed by atoms with Gasteiger partial charge in [0.15, 0.2) is 5.13 Å². The summed E-state index contributed by atoms with van der Waals surface area (Å²) in [4.78, 5) is 24.4. The second kappa shape index (κ2) is 6.04. The number of fused-ring (bicyclic) bond motifs is 1. The molecule has 1 aliphatic heterocycles. The number of carbonyl (C=O) groups is 1. The molecular weight excluding hydrogens is 308 g/mol. The Balaban J connectivity index is 1.40. The average molecular weight is 326 g/mol. The zero-order valence-corrected chi connectivity index (χ0v) is 13.6. The van der Waals surface area contributed by atoms with Gasteiger partial charge in [-0.25, -0.2) is 4.98 Å². The second-order valence-electron chi connectivity index (χ2n) is 5.72. The number of nitrogens with zero attached hydrogens (tertiary/aromatic N) is 3. The Hall–Kier alpha value is -2.34. The molecule has 118 valence electrons. The van der Waals surface area contributed by atoms with Crippen molar-refractivity contribution in [3.05, 3.63) is 47.6 Å². The van der Waals surface area contributed by atoms with E-state index in [1.165, 1.54) is 0 Å². The molecule has 1 N–H and O–H groups in total. The number of thiazole rings is 1. The summed E-state index contributed by atoms with van der Waals surface area (Å²) in [5.74, 6) is 0.202. The van der Waals surface area contributed by atoms with Gasteiger partial charge in [0.2, 0.25) is 5.91 Å². The van der Waals surface area contributed by atoms with Crippen LogP contribution in [0.15, 0.2) is 42.0 Å². The molecule has 1 aliphatic rings. The summed E-state index contributed by atoms with van der Waals surface area (Å²) in [6.07, 6.45) is 4.24. The number of amides is 1. The lowest BCUT2D eigenvalue weighted by Crippen LogP contribution is -2.49. The number of para-hydroxylation sites is 1. The minimum atomic E-state index is 0.202. The fraction of sp³-hybridized carbons (Fsp3) is 0.294. The smallest absolute Gasteiger partial charge is 0.227 e. The third kappa shape index (κ3) is 2.82. The minimum Gasteiger partial charge on any atom is -0.361 e. The molecule has 1 saturated heterocycles. The van der Waals surface area contributed by atoms with Gasteiger partial charge in [0, 0.05) is 54.9 Å². The Bertz CT molecular complexity index is 803. The van der Waals surface area contributed by atoms with E-state index in [0.717, 1.165) is 47.8 Å². The molecule has 0 radical (unpaired) electrons. The van der Waals surface area contributed by atoms with Gasteiger partial charge >= 0.3 is 0 Å². The number of rotatable bonds is 3. The van der Waals surface area contributed by atoms with Gasteiger partial charge in [-0.1, -0.05) is 18.2 Å². The number of aromatic amines is 1. The molecule has 1 fully saturated rings. The molecule has 3 heterocycles. The molecule has 0 spiro atoms. The van der Waals surface area contributed by atoms with E-state index >= 15 is 0 Å². The molecule has 0 bridgehead atoms. The second-order valence-corrected chi connectivity index (χ2v) is 6.59. The Kier molecular flexibility index (Phi) is 3.75. The molecule has 1 amide bonds. The van der Waals surface area contributed by atoms with Crippen LogP contribution < -0.4 is 4.90 Å². The fourth-order valence-electron chi connectivity index (χ4n) is 3.07. The lowest BCUT2D eigenvalue weighted by molar-refractivity contribution is -0.130. The zero-order valence-electron chi connectivity index (χ0n) is 12.7. The SMILES string of the molecule is O=C(Cc1c[nH]c2ccccc12)N1CCN(c2nccs2)CC1. The van der Waals surface area contributed by atoms with E-state index in [2.05, 4.69) is 20.9 Å². The van der Waals surface area contributed by atoms with Gasteiger partial charge in [-0.3, -0.25) is 4.79 Å². The van der Waals surface area contributed by atoms with E-state index in [1.54, 1.807) is 11.3 Å². The van der Waals surface area contributed by atoms with Crippen molar-refractivity contribution >= 4 is 33.3 Å². The minimum absolute atomic E-state index is 0.202. The summed E-state index contributed by atoms with van der Waals surface area (Å²) in [5, 5.41) is 4.18. The van der Waals surface area contributed by atoms with Gasteiger partial charge < -0.3 is 14.8 Å². The van der Waals surface area contributed by atoms with Crippen molar-refractivity contribution in [1.82, 2.24) is 14.9 Å². The molecule has 0 unspecified atom stereocenters. The van der Waals surface area contributed by atoms with Gasteiger partial charge in [0.05, 0.1) is 6.42 Å². The number of hydrogen-bond donors (Lipinski definition) is 1. The van der Waals surface area contributed by atoms with E-state index in [-0.39, 0.29) is 5.91 Å². The van der Waals surface area contributed by atoms with Gasteiger partial charge in [-0.05, 0) is 11.6 Å². The summed E-state index contributed by atoms with van der Waals surface area (Å²) < 4.78 is 0. The quantitative estimate of drug-likeness (QED) is 0.805. The molecular formula is C17H18N4OS. The number of aromatic nitrogens is 2. The predicted molar refractivity (Wildman–Crippen MR) is 92.9 cm³/mol. The predicted octanol–water partition coefficient (Wildman–Crippen LogP) is 2.52. The molecule has 4 rings (SSSR count). The third-order valence-electron chi connectivity index (χ3n) is 4.34. The molecule has 6 heteroatoms. The van der Waals surface area contributed by atoms with Crippen LogP contribution in [0.1, 0.15) is 5.56 Å². The normalized spacial score (nSPS) is 15.3. The topological polar surface area (TPSA) is 52.2 Å². The van der Waals surface area contributed by atoms with Gasteiger partial charge in [0.1, 0.15) is 0 Å². The first-order valence-electron chi connectivity index (χ1n) is 7.78. The molecule has 1 aromatic carbocycles. The summed E-state index contributed by atoms with van der Waals surface area (Å²) in [6.45, 7) is 3.24. The van der Waals surface area contributed by atoms with Crippen molar-refractivity contribution in [2.75, 3.05) is 31.1 Å². The Morgan fingerprint density at radius 1 is 1.22 bits per heavy atom. The lowest BCUT2D eigenvalue weighted by Gasteiger charge is -2.34. The number of benzene rings is 1. The Labute approximate surface area is 138 Å². The van der Waals surface area contributed by atoms with Crippen molar-refractivity contribution < 1.29 is 4.79 Å². The Morgan fingerprint density at radius 3 is 2.83 bits per heavy atom. The highest BCUT2D eigenvalue weighted by molar-refractivity contribution is 7.13. The average Bonchev–Trinajstić information content (AvgIpc) is 3.25. The number of nitrogens with one attached hydrogen (secondary N) is 1. The molecule has 3 aromatic rings. The summed E-state index contributed by atoms with van der Waals surface area (Å²) in [7, 11) is 0. The third-order valence-corrected chi connectivity index (χ3v) is 5.17. The number of H-pyrrole nitrogens is 1. The molecule has 0 aliphatic carbocycles. The van der Waals surface area contributed by atoms with Crippen molar-refractivity contribution in [2.24, 2.45) is 0 Å². The van der Waals surface area contributed by atoms with Crippen molar-refractivity contribution in [3.63, 3.8) is 0 Å². The van der Waals surface area contributed by atoms with Crippen molar-refractivity contribution in [3.8, 4) is 0 Å². The number of piperazine rings is 1. The number of anilines is 1. The summed E-state index contributed by atoms with van der Waals surface area (Å²) >= 11 is 1.65. The first kappa shape index (κ1) is 14.3. The van der Waals surface area contributed by atoms with E-state index in [4.69, 9.17) is 0 Å². The highest BCUT2D eigenvalue weighted by Gasteiger charge is 2.22. The highest BCUT2D eigenvalue weighted by atomic mass is 32.1. The van der Waals surface area contributed by atoms with Crippen LogP contribution in [0.5, 0.6) is 0 Å². The molecule has 5 nitrogen and oxygen atoms in total. The maximum Gasteiger partial charge on any atom is 0.227 e. The van der Waals surface area contributed by atoms with Gasteiger partial charge in [-0.2, -0.15) is 0 Å². The lowest BCUT2D eigenvalue weighted by atomic mass is 10.1. The highest BCUT2D eigenvalue weighted by Crippen LogP contribution is 2.21. The first-order chi connectivity index (χ1) is 11.3. The first-order valence-corrected chi connectivity index (χ1v) is 8.66. The van der Waals surface area contributed by atoms with E-state index in [1.807, 2.05) is 40.9 Å². The number of carbonyl (C=O) groups excluding carboxylic acids is 1. The van der Waals surface area contributed by atoms with Crippen LogP contribution in [0.4, 0.5) is 5.13 Å². The van der Waals surface area contributed by atoms with Crippen LogP contribution in [0.3, 0.4) is 0 Å². The summed E-state index contributed by atoms with van der Waals surface area (Å²) in [5.41, 5.74) is 2.16. The van der Waals surface area contributed by atoms with Crippen LogP contribution in [0.2, 0.25) is 0 Å². The van der Waals surface area contributed by atoms with Crippen LogP contribution in [0, 0.1) is 0 Å². The monoisotopic (exact) mass is 326 g/mol. The van der Waals surface area contributed by atoms with Crippen LogP contribution >= 0.6 is 11.3 Å². The Morgan fingerprint density at radius 2 is 2.04 bits per heavy atom. The van der Waals surface area contributed by atoms with E-state index in [0.29, 0.717) is 6.42 Å². The largest absolute Gasteiger partial charge is 0.361 e. The van der Waals surface area contributed by atoms with Crippen LogP contribution in [-0.4, -0.2) is 47.0 Å². The molecule has 23 heavy (non-hydrogen) atoms. The number of hydrogen-bond acceptors (Lipinski definition) is 4. The van der Waals surface area contributed by atoms with Gasteiger partial charge in [0.25, 0.3) is 0 Å². The van der Waals surface area contributed by atoms with E-state index < -0.39 is 0 Å². The van der Waals surface area contributed by atoms with Crippen LogP contribution in [-0.2, 0) is 11.2 Å². The maximum absolute atomic E-state index is 12.6. The van der Waals surface area contributed by atoms with Crippen molar-refractivity contribution in [2.45, 2.75) is 6.42 Å².